The molecule has 2 heteroatoms. The molecule has 0 aliphatic heterocycles. The van der Waals surface area contributed by atoms with Crippen LogP contribution in [0.5, 0.6) is 0 Å². The van der Waals surface area contributed by atoms with Gasteiger partial charge in [-0.2, -0.15) is 0 Å². The monoisotopic (exact) mass is 208 g/mol. The van der Waals surface area contributed by atoms with Gasteiger partial charge in [0.25, 0.3) is 0 Å². The van der Waals surface area contributed by atoms with Gasteiger partial charge in [-0.05, 0) is 30.2 Å². The van der Waals surface area contributed by atoms with E-state index >= 15 is 0 Å². The van der Waals surface area contributed by atoms with E-state index in [1.54, 1.807) is 0 Å². The summed E-state index contributed by atoms with van der Waals surface area (Å²) in [5.74, 6) is 0. The summed E-state index contributed by atoms with van der Waals surface area (Å²) in [5, 5.41) is 1.17. The Morgan fingerprint density at radius 3 is 2.69 bits per heavy atom. The second kappa shape index (κ2) is 3.49. The van der Waals surface area contributed by atoms with E-state index in [1.165, 1.54) is 16.5 Å². The van der Waals surface area contributed by atoms with Crippen molar-refractivity contribution >= 4 is 11.0 Å². The summed E-state index contributed by atoms with van der Waals surface area (Å²) in [6.45, 7) is 2.06. The number of aryl methyl sites for hydroxylation is 1. The van der Waals surface area contributed by atoms with E-state index in [1.807, 2.05) is 24.4 Å². The molecule has 0 unspecified atom stereocenters. The SMILES string of the molecule is Cc1cnc2[nH]c(-c3ccccc3)cc2c1. The van der Waals surface area contributed by atoms with Crippen LogP contribution in [0.15, 0.2) is 48.7 Å². The van der Waals surface area contributed by atoms with Crippen molar-refractivity contribution < 1.29 is 0 Å². The predicted octanol–water partition coefficient (Wildman–Crippen LogP) is 3.54. The zero-order chi connectivity index (χ0) is 11.0. The molecule has 0 atom stereocenters. The van der Waals surface area contributed by atoms with Crippen molar-refractivity contribution in [2.24, 2.45) is 0 Å². The Morgan fingerprint density at radius 2 is 1.88 bits per heavy atom. The van der Waals surface area contributed by atoms with Gasteiger partial charge < -0.3 is 4.98 Å². The molecule has 1 N–H and O–H groups in total. The summed E-state index contributed by atoms with van der Waals surface area (Å²) < 4.78 is 0. The topological polar surface area (TPSA) is 28.7 Å². The van der Waals surface area contributed by atoms with Crippen molar-refractivity contribution in [2.45, 2.75) is 6.92 Å². The van der Waals surface area contributed by atoms with Crippen LogP contribution < -0.4 is 0 Å². The Balaban J connectivity index is 2.19. The average molecular weight is 208 g/mol. The number of benzene rings is 1. The van der Waals surface area contributed by atoms with E-state index in [0.29, 0.717) is 0 Å². The Hall–Kier alpha value is -2.09. The van der Waals surface area contributed by atoms with Crippen molar-refractivity contribution in [1.82, 2.24) is 9.97 Å². The number of pyridine rings is 1. The fraction of sp³-hybridized carbons (Fsp3) is 0.0714. The normalized spacial score (nSPS) is 10.8. The highest BCUT2D eigenvalue weighted by atomic mass is 14.9. The van der Waals surface area contributed by atoms with Gasteiger partial charge in [-0.25, -0.2) is 4.98 Å². The van der Waals surface area contributed by atoms with Crippen molar-refractivity contribution in [3.63, 3.8) is 0 Å². The minimum atomic E-state index is 0.949. The van der Waals surface area contributed by atoms with Gasteiger partial charge in [0.2, 0.25) is 0 Å². The summed E-state index contributed by atoms with van der Waals surface area (Å²) in [5.41, 5.74) is 4.45. The van der Waals surface area contributed by atoms with Crippen molar-refractivity contribution in [3.05, 3.63) is 54.2 Å². The molecular formula is C14H12N2. The molecule has 78 valence electrons. The molecule has 0 aliphatic rings. The number of aromatic nitrogens is 2. The lowest BCUT2D eigenvalue weighted by Gasteiger charge is -1.94. The van der Waals surface area contributed by atoms with Crippen LogP contribution >= 0.6 is 0 Å². The van der Waals surface area contributed by atoms with Gasteiger partial charge in [0.15, 0.2) is 0 Å². The van der Waals surface area contributed by atoms with Gasteiger partial charge in [0.1, 0.15) is 5.65 Å². The van der Waals surface area contributed by atoms with Crippen molar-refractivity contribution in [1.29, 1.82) is 0 Å². The maximum atomic E-state index is 4.37. The van der Waals surface area contributed by atoms with Crippen LogP contribution in [0.3, 0.4) is 0 Å². The van der Waals surface area contributed by atoms with Crippen LogP contribution in [-0.2, 0) is 0 Å². The van der Waals surface area contributed by atoms with E-state index in [9.17, 15) is 0 Å². The molecule has 0 bridgehead atoms. The number of rotatable bonds is 1. The molecule has 3 aromatic rings. The third kappa shape index (κ3) is 1.48. The van der Waals surface area contributed by atoms with E-state index in [-0.39, 0.29) is 0 Å². The minimum absolute atomic E-state index is 0.949. The second-order valence-corrected chi connectivity index (χ2v) is 4.00. The minimum Gasteiger partial charge on any atom is -0.339 e. The number of fused-ring (bicyclic) bond motifs is 1. The Labute approximate surface area is 94.0 Å². The standard InChI is InChI=1S/C14H12N2/c1-10-7-12-8-13(16-14(12)15-9-10)11-5-3-2-4-6-11/h2-9H,1H3,(H,15,16). The highest BCUT2D eigenvalue weighted by Gasteiger charge is 2.03. The summed E-state index contributed by atoms with van der Waals surface area (Å²) in [7, 11) is 0. The molecule has 1 aromatic carbocycles. The van der Waals surface area contributed by atoms with Gasteiger partial charge in [-0.1, -0.05) is 30.3 Å². The van der Waals surface area contributed by atoms with Gasteiger partial charge in [0, 0.05) is 17.3 Å². The molecule has 0 radical (unpaired) electrons. The number of H-pyrrole nitrogens is 1. The highest BCUT2D eigenvalue weighted by Crippen LogP contribution is 2.22. The zero-order valence-electron chi connectivity index (χ0n) is 9.07. The molecule has 0 spiro atoms. The van der Waals surface area contributed by atoms with E-state index in [2.05, 4.69) is 41.2 Å². The lowest BCUT2D eigenvalue weighted by Crippen LogP contribution is -1.78. The number of hydrogen-bond donors (Lipinski definition) is 1. The molecule has 2 aromatic heterocycles. The lowest BCUT2D eigenvalue weighted by molar-refractivity contribution is 1.29. The van der Waals surface area contributed by atoms with Gasteiger partial charge in [-0.15, -0.1) is 0 Å². The van der Waals surface area contributed by atoms with Gasteiger partial charge in [-0.3, -0.25) is 0 Å². The molecule has 0 aliphatic carbocycles. The molecule has 0 saturated heterocycles. The summed E-state index contributed by atoms with van der Waals surface area (Å²) in [6, 6.07) is 14.6. The van der Waals surface area contributed by atoms with Crippen LogP contribution in [0.2, 0.25) is 0 Å². The first-order valence-corrected chi connectivity index (χ1v) is 5.34. The van der Waals surface area contributed by atoms with Gasteiger partial charge >= 0.3 is 0 Å². The predicted molar refractivity (Wildman–Crippen MR) is 66.3 cm³/mol. The quantitative estimate of drug-likeness (QED) is 0.651. The fourth-order valence-electron chi connectivity index (χ4n) is 1.90. The molecule has 2 heterocycles. The van der Waals surface area contributed by atoms with Crippen LogP contribution in [0.25, 0.3) is 22.3 Å². The second-order valence-electron chi connectivity index (χ2n) is 4.00. The Bertz CT molecular complexity index is 624. The summed E-state index contributed by atoms with van der Waals surface area (Å²) in [6.07, 6.45) is 1.88. The van der Waals surface area contributed by atoms with Crippen LogP contribution in [-0.4, -0.2) is 9.97 Å². The summed E-state index contributed by atoms with van der Waals surface area (Å²) in [4.78, 5) is 7.70. The van der Waals surface area contributed by atoms with E-state index in [4.69, 9.17) is 0 Å². The van der Waals surface area contributed by atoms with Crippen molar-refractivity contribution in [2.75, 3.05) is 0 Å². The first-order valence-electron chi connectivity index (χ1n) is 5.34. The lowest BCUT2D eigenvalue weighted by atomic mass is 10.1. The van der Waals surface area contributed by atoms with Gasteiger partial charge in [0.05, 0.1) is 0 Å². The first kappa shape index (κ1) is 9.16. The number of hydrogen-bond acceptors (Lipinski definition) is 1. The summed E-state index contributed by atoms with van der Waals surface area (Å²) >= 11 is 0. The zero-order valence-corrected chi connectivity index (χ0v) is 9.07. The molecule has 3 rings (SSSR count). The first-order chi connectivity index (χ1) is 7.83. The molecule has 0 fully saturated rings. The fourth-order valence-corrected chi connectivity index (χ4v) is 1.90. The maximum absolute atomic E-state index is 4.37. The van der Waals surface area contributed by atoms with E-state index < -0.39 is 0 Å². The third-order valence-corrected chi connectivity index (χ3v) is 2.69. The number of nitrogens with one attached hydrogen (secondary N) is 1. The third-order valence-electron chi connectivity index (χ3n) is 2.69. The van der Waals surface area contributed by atoms with Crippen LogP contribution in [0.4, 0.5) is 0 Å². The molecular weight excluding hydrogens is 196 g/mol. The van der Waals surface area contributed by atoms with Crippen molar-refractivity contribution in [3.8, 4) is 11.3 Å². The number of nitrogens with zero attached hydrogens (tertiary/aromatic N) is 1. The van der Waals surface area contributed by atoms with Crippen LogP contribution in [0, 0.1) is 6.92 Å². The number of aromatic amines is 1. The molecule has 0 saturated carbocycles. The van der Waals surface area contributed by atoms with Crippen LogP contribution in [0.1, 0.15) is 5.56 Å². The Morgan fingerprint density at radius 1 is 1.06 bits per heavy atom. The Kier molecular flexibility index (Phi) is 2.00. The molecule has 0 amide bonds. The smallest absolute Gasteiger partial charge is 0.137 e. The maximum Gasteiger partial charge on any atom is 0.137 e. The molecule has 16 heavy (non-hydrogen) atoms. The largest absolute Gasteiger partial charge is 0.339 e. The highest BCUT2D eigenvalue weighted by molar-refractivity contribution is 5.83. The average Bonchev–Trinajstić information content (AvgIpc) is 2.73. The molecule has 2 nitrogen and oxygen atoms in total. The van der Waals surface area contributed by atoms with E-state index in [0.717, 1.165) is 11.3 Å².